The monoisotopic (exact) mass is 470 g/mol. The Morgan fingerprint density at radius 3 is 2.35 bits per heavy atom. The number of imide groups is 1. The lowest BCUT2D eigenvalue weighted by molar-refractivity contribution is -0.137. The number of aromatic nitrogens is 1. The Labute approximate surface area is 187 Å². The van der Waals surface area contributed by atoms with E-state index >= 15 is 0 Å². The summed E-state index contributed by atoms with van der Waals surface area (Å²) in [6.07, 6.45) is -3.18. The minimum Gasteiger partial charge on any atom is -0.478 e. The second-order valence-electron chi connectivity index (χ2n) is 7.08. The molecule has 0 bridgehead atoms. The van der Waals surface area contributed by atoms with Gasteiger partial charge in [-0.05, 0) is 48.5 Å². The first-order valence-corrected chi connectivity index (χ1v) is 9.52. The van der Waals surface area contributed by atoms with E-state index in [4.69, 9.17) is 0 Å². The molecule has 3 aromatic rings. The molecule has 172 valence electrons. The van der Waals surface area contributed by atoms with Gasteiger partial charge in [-0.1, -0.05) is 0 Å². The number of benzene rings is 2. The Kier molecular flexibility index (Phi) is 5.49. The van der Waals surface area contributed by atoms with Gasteiger partial charge < -0.3 is 15.4 Å². The minimum absolute atomic E-state index is 0.0610. The van der Waals surface area contributed by atoms with Crippen LogP contribution in [0.15, 0.2) is 59.7 Å². The van der Waals surface area contributed by atoms with Crippen molar-refractivity contribution in [3.05, 3.63) is 87.7 Å². The lowest BCUT2D eigenvalue weighted by Crippen LogP contribution is -2.35. The van der Waals surface area contributed by atoms with Gasteiger partial charge in [-0.2, -0.15) is 13.2 Å². The number of nitrogens with zero attached hydrogens (tertiary/aromatic N) is 1. The molecule has 0 aliphatic carbocycles. The molecule has 4 rings (SSSR count). The number of carboxylic acid groups (broad SMARTS) is 1. The van der Waals surface area contributed by atoms with E-state index in [1.165, 1.54) is 30.5 Å². The summed E-state index contributed by atoms with van der Waals surface area (Å²) in [7, 11) is 0. The second kappa shape index (κ2) is 8.31. The zero-order valence-electron chi connectivity index (χ0n) is 16.9. The number of nitrogens with one attached hydrogen (secondary N) is 3. The Hall–Kier alpha value is -4.74. The number of carbonyl (C=O) groups is 4. The summed E-state index contributed by atoms with van der Waals surface area (Å²) >= 11 is 0. The topological polar surface area (TPSA) is 141 Å². The summed E-state index contributed by atoms with van der Waals surface area (Å²) in [5.41, 5.74) is -0.867. The van der Waals surface area contributed by atoms with Crippen molar-refractivity contribution in [3.8, 4) is 0 Å². The van der Waals surface area contributed by atoms with Gasteiger partial charge in [-0.25, -0.2) is 14.6 Å². The molecule has 0 saturated carbocycles. The summed E-state index contributed by atoms with van der Waals surface area (Å²) in [6.45, 7) is 0. The number of fused-ring (bicyclic) bond motifs is 1. The van der Waals surface area contributed by atoms with Crippen LogP contribution in [0, 0.1) is 0 Å². The number of aromatic amines is 1. The van der Waals surface area contributed by atoms with Crippen molar-refractivity contribution in [2.45, 2.75) is 6.18 Å². The summed E-state index contributed by atoms with van der Waals surface area (Å²) in [5, 5.41) is 14.2. The summed E-state index contributed by atoms with van der Waals surface area (Å²) in [6, 6.07) is 7.90. The molecule has 4 amide bonds. The van der Waals surface area contributed by atoms with Gasteiger partial charge in [0.2, 0.25) is 0 Å². The molecule has 0 fully saturated rings. The van der Waals surface area contributed by atoms with Crippen molar-refractivity contribution in [2.75, 3.05) is 5.32 Å². The molecule has 0 spiro atoms. The first-order chi connectivity index (χ1) is 16.0. The molecule has 0 atom stereocenters. The van der Waals surface area contributed by atoms with Crippen molar-refractivity contribution >= 4 is 35.1 Å². The fraction of sp³-hybridized carbons (Fsp3) is 0.0455. The molecular weight excluding hydrogens is 457 g/mol. The molecule has 2 heterocycles. The van der Waals surface area contributed by atoms with E-state index in [1.807, 2.05) is 5.32 Å². The Balaban J connectivity index is 1.52. The van der Waals surface area contributed by atoms with Gasteiger partial charge in [-0.3, -0.25) is 14.9 Å². The Morgan fingerprint density at radius 1 is 1.00 bits per heavy atom. The average Bonchev–Trinajstić information content (AvgIpc) is 3.36. The molecule has 9 nitrogen and oxygen atoms in total. The lowest BCUT2D eigenvalue weighted by Gasteiger charge is -2.09. The number of aromatic carboxylic acids is 1. The van der Waals surface area contributed by atoms with Crippen LogP contribution < -0.4 is 21.2 Å². The van der Waals surface area contributed by atoms with Crippen molar-refractivity contribution in [1.29, 1.82) is 0 Å². The number of rotatable bonds is 4. The maximum Gasteiger partial charge on any atom is 0.416 e. The highest BCUT2D eigenvalue weighted by Gasteiger charge is 2.30. The third kappa shape index (κ3) is 4.28. The maximum atomic E-state index is 12.6. The van der Waals surface area contributed by atoms with E-state index in [0.29, 0.717) is 5.22 Å². The highest BCUT2D eigenvalue weighted by atomic mass is 19.4. The molecule has 1 aliphatic heterocycles. The molecule has 0 radical (unpaired) electrons. The SMILES string of the molecule is O=C(NC(=O)c1ccc(C(F)(F)F)cc1)Nc1ccc2c(c1)=NC(=O)C=2c1[nH]ccc1C(=O)O. The number of H-pyrrole nitrogens is 1. The van der Waals surface area contributed by atoms with Crippen LogP contribution in [0.25, 0.3) is 5.57 Å². The van der Waals surface area contributed by atoms with Crippen LogP contribution in [0.1, 0.15) is 32.0 Å². The van der Waals surface area contributed by atoms with Crippen LogP contribution in [0.4, 0.5) is 23.7 Å². The van der Waals surface area contributed by atoms with Gasteiger partial charge in [0.05, 0.1) is 27.8 Å². The summed E-state index contributed by atoms with van der Waals surface area (Å²) in [4.78, 5) is 54.7. The zero-order valence-corrected chi connectivity index (χ0v) is 16.9. The number of carbonyl (C=O) groups excluding carboxylic acids is 3. The molecule has 1 aliphatic rings. The van der Waals surface area contributed by atoms with Crippen LogP contribution in [-0.4, -0.2) is 33.9 Å². The number of urea groups is 1. The number of anilines is 1. The minimum atomic E-state index is -4.56. The average molecular weight is 470 g/mol. The Bertz CT molecular complexity index is 1470. The van der Waals surface area contributed by atoms with Crippen molar-refractivity contribution in [2.24, 2.45) is 4.99 Å². The molecule has 2 aromatic carbocycles. The fourth-order valence-corrected chi connectivity index (χ4v) is 3.34. The molecule has 4 N–H and O–H groups in total. The van der Waals surface area contributed by atoms with Gasteiger partial charge >= 0.3 is 18.2 Å². The quantitative estimate of drug-likeness (QED) is 0.462. The largest absolute Gasteiger partial charge is 0.478 e. The predicted octanol–water partition coefficient (Wildman–Crippen LogP) is 2.05. The van der Waals surface area contributed by atoms with E-state index in [1.54, 1.807) is 0 Å². The van der Waals surface area contributed by atoms with Crippen molar-refractivity contribution in [3.63, 3.8) is 0 Å². The third-order valence-electron chi connectivity index (χ3n) is 4.89. The van der Waals surface area contributed by atoms with Crippen LogP contribution in [0.2, 0.25) is 0 Å². The summed E-state index contributed by atoms with van der Waals surface area (Å²) in [5.74, 6) is -2.81. The van der Waals surface area contributed by atoms with Gasteiger partial charge in [0.1, 0.15) is 0 Å². The summed E-state index contributed by atoms with van der Waals surface area (Å²) < 4.78 is 37.9. The van der Waals surface area contributed by atoms with E-state index in [-0.39, 0.29) is 33.4 Å². The maximum absolute atomic E-state index is 12.6. The van der Waals surface area contributed by atoms with Gasteiger partial charge in [0, 0.05) is 22.7 Å². The van der Waals surface area contributed by atoms with E-state index in [0.717, 1.165) is 24.3 Å². The third-order valence-corrected chi connectivity index (χ3v) is 4.89. The predicted molar refractivity (Wildman–Crippen MR) is 110 cm³/mol. The van der Waals surface area contributed by atoms with Crippen molar-refractivity contribution in [1.82, 2.24) is 10.3 Å². The second-order valence-corrected chi connectivity index (χ2v) is 7.08. The smallest absolute Gasteiger partial charge is 0.416 e. The fourth-order valence-electron chi connectivity index (χ4n) is 3.34. The first kappa shape index (κ1) is 22.5. The van der Waals surface area contributed by atoms with Crippen LogP contribution in [0.3, 0.4) is 0 Å². The molecule has 0 unspecified atom stereocenters. The molecule has 1 aromatic heterocycles. The lowest BCUT2D eigenvalue weighted by atomic mass is 10.1. The molecular formula is C22H13F3N4O5. The van der Waals surface area contributed by atoms with Gasteiger partial charge in [-0.15, -0.1) is 0 Å². The number of carboxylic acids is 1. The van der Waals surface area contributed by atoms with Gasteiger partial charge in [0.25, 0.3) is 11.8 Å². The van der Waals surface area contributed by atoms with Gasteiger partial charge in [0.15, 0.2) is 0 Å². The highest BCUT2D eigenvalue weighted by molar-refractivity contribution is 6.22. The molecule has 12 heteroatoms. The van der Waals surface area contributed by atoms with Crippen LogP contribution in [0.5, 0.6) is 0 Å². The number of hydrogen-bond donors (Lipinski definition) is 4. The Morgan fingerprint density at radius 2 is 1.71 bits per heavy atom. The zero-order chi connectivity index (χ0) is 24.6. The molecule has 0 saturated heterocycles. The first-order valence-electron chi connectivity index (χ1n) is 9.52. The van der Waals surface area contributed by atoms with Crippen LogP contribution in [-0.2, 0) is 11.0 Å². The molecule has 34 heavy (non-hydrogen) atoms. The number of amides is 4. The number of halogens is 3. The standard InChI is InChI=1S/C22H13F3N4O5/c23-22(24,25)11-3-1-10(2-4-11)18(30)29-21(34)27-12-5-6-13-15(9-12)28-19(31)16(13)17-14(20(32)33)7-8-26-17/h1-9,26H,(H,32,33)(H2,27,29,30,34). The number of alkyl halides is 3. The highest BCUT2D eigenvalue weighted by Crippen LogP contribution is 2.29. The van der Waals surface area contributed by atoms with E-state index in [2.05, 4.69) is 15.3 Å². The van der Waals surface area contributed by atoms with E-state index < -0.39 is 35.6 Å². The van der Waals surface area contributed by atoms with E-state index in [9.17, 15) is 37.5 Å². The van der Waals surface area contributed by atoms with Crippen LogP contribution >= 0.6 is 0 Å². The number of hydrogen-bond acceptors (Lipinski definition) is 4. The normalized spacial score (nSPS) is 12.7. The van der Waals surface area contributed by atoms with Crippen molar-refractivity contribution < 1.29 is 37.5 Å².